The monoisotopic (exact) mass is 194 g/mol. The van der Waals surface area contributed by atoms with Crippen molar-refractivity contribution >= 4 is 0 Å². The van der Waals surface area contributed by atoms with E-state index in [1.807, 2.05) is 12.4 Å². The van der Waals surface area contributed by atoms with Crippen molar-refractivity contribution in [3.05, 3.63) is 18.2 Å². The van der Waals surface area contributed by atoms with E-state index >= 15 is 0 Å². The molecule has 0 spiro atoms. The Hall–Kier alpha value is -0.870. The molecule has 4 nitrogen and oxygen atoms in total. The van der Waals surface area contributed by atoms with E-state index in [4.69, 9.17) is 5.84 Å². The first kappa shape index (κ1) is 9.68. The molecular formula is C10H18N4. The molecule has 1 atom stereocenters. The van der Waals surface area contributed by atoms with Crippen LogP contribution < -0.4 is 11.3 Å². The summed E-state index contributed by atoms with van der Waals surface area (Å²) >= 11 is 0. The number of nitrogens with two attached hydrogens (primary N) is 1. The van der Waals surface area contributed by atoms with Gasteiger partial charge in [-0.1, -0.05) is 0 Å². The van der Waals surface area contributed by atoms with Gasteiger partial charge in [0.15, 0.2) is 0 Å². The minimum atomic E-state index is 0.405. The smallest absolute Gasteiger partial charge is 0.110 e. The number of rotatable bonds is 5. The average molecular weight is 194 g/mol. The zero-order valence-corrected chi connectivity index (χ0v) is 8.61. The van der Waals surface area contributed by atoms with Crippen molar-refractivity contribution in [1.29, 1.82) is 0 Å². The summed E-state index contributed by atoms with van der Waals surface area (Å²) in [5.41, 5.74) is 2.90. The van der Waals surface area contributed by atoms with Gasteiger partial charge in [-0.25, -0.2) is 4.98 Å². The van der Waals surface area contributed by atoms with Crippen LogP contribution in [0.1, 0.15) is 25.6 Å². The van der Waals surface area contributed by atoms with Crippen LogP contribution in [0.15, 0.2) is 12.4 Å². The van der Waals surface area contributed by atoms with Gasteiger partial charge in [-0.2, -0.15) is 0 Å². The highest BCUT2D eigenvalue weighted by molar-refractivity contribution is 4.98. The number of hydrazine groups is 1. The minimum Gasteiger partial charge on any atom is -0.335 e. The van der Waals surface area contributed by atoms with E-state index in [9.17, 15) is 0 Å². The maximum atomic E-state index is 5.53. The number of nitrogens with zero attached hydrogens (tertiary/aromatic N) is 2. The van der Waals surface area contributed by atoms with Gasteiger partial charge in [0.1, 0.15) is 5.82 Å². The molecule has 1 aromatic rings. The van der Waals surface area contributed by atoms with Gasteiger partial charge in [-0.3, -0.25) is 11.3 Å². The molecule has 1 aliphatic carbocycles. The van der Waals surface area contributed by atoms with Crippen LogP contribution >= 0.6 is 0 Å². The van der Waals surface area contributed by atoms with Crippen LogP contribution in [0.2, 0.25) is 0 Å². The van der Waals surface area contributed by atoms with E-state index in [0.29, 0.717) is 6.04 Å². The molecular weight excluding hydrogens is 176 g/mol. The molecule has 1 aromatic heterocycles. The summed E-state index contributed by atoms with van der Waals surface area (Å²) in [5.74, 6) is 7.44. The molecule has 4 heteroatoms. The summed E-state index contributed by atoms with van der Waals surface area (Å²) in [6, 6.07) is 0.405. The molecule has 1 aliphatic rings. The molecule has 0 bridgehead atoms. The topological polar surface area (TPSA) is 55.9 Å². The Balaban J connectivity index is 2.00. The first-order valence-corrected chi connectivity index (χ1v) is 5.31. The van der Waals surface area contributed by atoms with Crippen LogP contribution in [0, 0.1) is 5.92 Å². The number of hydrogen-bond donors (Lipinski definition) is 2. The highest BCUT2D eigenvalue weighted by Gasteiger charge is 2.31. The molecule has 0 amide bonds. The Morgan fingerprint density at radius 3 is 3.07 bits per heavy atom. The number of imidazole rings is 1. The van der Waals surface area contributed by atoms with Gasteiger partial charge < -0.3 is 4.57 Å². The summed E-state index contributed by atoms with van der Waals surface area (Å²) in [6.45, 7) is 3.12. The van der Waals surface area contributed by atoms with E-state index in [0.717, 1.165) is 24.7 Å². The lowest BCUT2D eigenvalue weighted by atomic mass is 10.1. The summed E-state index contributed by atoms with van der Waals surface area (Å²) in [5, 5.41) is 0. The Labute approximate surface area is 84.5 Å². The fourth-order valence-corrected chi connectivity index (χ4v) is 1.87. The summed E-state index contributed by atoms with van der Waals surface area (Å²) in [4.78, 5) is 4.35. The zero-order valence-electron chi connectivity index (χ0n) is 8.61. The van der Waals surface area contributed by atoms with Crippen molar-refractivity contribution in [3.8, 4) is 0 Å². The SMILES string of the molecule is CCn1ccnc1CC(NN)C1CC1. The summed E-state index contributed by atoms with van der Waals surface area (Å²) in [7, 11) is 0. The Morgan fingerprint density at radius 1 is 1.71 bits per heavy atom. The molecule has 0 aromatic carbocycles. The minimum absolute atomic E-state index is 0.405. The summed E-state index contributed by atoms with van der Waals surface area (Å²) < 4.78 is 2.17. The lowest BCUT2D eigenvalue weighted by Crippen LogP contribution is -2.39. The highest BCUT2D eigenvalue weighted by Crippen LogP contribution is 2.33. The van der Waals surface area contributed by atoms with E-state index in [1.165, 1.54) is 12.8 Å². The average Bonchev–Trinajstić information content (AvgIpc) is 2.95. The highest BCUT2D eigenvalue weighted by atomic mass is 15.2. The molecule has 14 heavy (non-hydrogen) atoms. The van der Waals surface area contributed by atoms with Crippen LogP contribution in [0.3, 0.4) is 0 Å². The normalized spacial score (nSPS) is 18.4. The Morgan fingerprint density at radius 2 is 2.50 bits per heavy atom. The van der Waals surface area contributed by atoms with Crippen LogP contribution in [-0.2, 0) is 13.0 Å². The van der Waals surface area contributed by atoms with Crippen molar-refractivity contribution < 1.29 is 0 Å². The third kappa shape index (κ3) is 1.96. The maximum absolute atomic E-state index is 5.53. The number of aromatic nitrogens is 2. The summed E-state index contributed by atoms with van der Waals surface area (Å²) in [6.07, 6.45) is 7.44. The predicted octanol–water partition coefficient (Wildman–Crippen LogP) is 0.687. The molecule has 78 valence electrons. The Bertz CT molecular complexity index is 290. The van der Waals surface area contributed by atoms with Crippen molar-refractivity contribution in [1.82, 2.24) is 15.0 Å². The van der Waals surface area contributed by atoms with E-state index in [2.05, 4.69) is 21.9 Å². The van der Waals surface area contributed by atoms with Crippen molar-refractivity contribution in [2.45, 2.75) is 38.8 Å². The van der Waals surface area contributed by atoms with Crippen molar-refractivity contribution in [2.75, 3.05) is 0 Å². The largest absolute Gasteiger partial charge is 0.335 e. The lowest BCUT2D eigenvalue weighted by molar-refractivity contribution is 0.455. The molecule has 0 radical (unpaired) electrons. The second-order valence-corrected chi connectivity index (χ2v) is 3.94. The second kappa shape index (κ2) is 4.11. The molecule has 0 aliphatic heterocycles. The second-order valence-electron chi connectivity index (χ2n) is 3.94. The number of hydrogen-bond acceptors (Lipinski definition) is 3. The quantitative estimate of drug-likeness (QED) is 0.535. The van der Waals surface area contributed by atoms with Crippen LogP contribution in [0.4, 0.5) is 0 Å². The number of aryl methyl sites for hydroxylation is 1. The van der Waals surface area contributed by atoms with Gasteiger partial charge in [-0.05, 0) is 25.7 Å². The van der Waals surface area contributed by atoms with E-state index < -0.39 is 0 Å². The van der Waals surface area contributed by atoms with Crippen molar-refractivity contribution in [3.63, 3.8) is 0 Å². The first-order chi connectivity index (χ1) is 6.85. The third-order valence-corrected chi connectivity index (χ3v) is 2.95. The van der Waals surface area contributed by atoms with Gasteiger partial charge in [0.2, 0.25) is 0 Å². The molecule has 2 rings (SSSR count). The van der Waals surface area contributed by atoms with Crippen LogP contribution in [0.25, 0.3) is 0 Å². The molecule has 1 unspecified atom stereocenters. The fraction of sp³-hybridized carbons (Fsp3) is 0.700. The lowest BCUT2D eigenvalue weighted by Gasteiger charge is -2.14. The van der Waals surface area contributed by atoms with Gasteiger partial charge >= 0.3 is 0 Å². The van der Waals surface area contributed by atoms with Gasteiger partial charge in [-0.15, -0.1) is 0 Å². The fourth-order valence-electron chi connectivity index (χ4n) is 1.87. The van der Waals surface area contributed by atoms with Crippen LogP contribution in [-0.4, -0.2) is 15.6 Å². The van der Waals surface area contributed by atoms with Gasteiger partial charge in [0.25, 0.3) is 0 Å². The van der Waals surface area contributed by atoms with Crippen LogP contribution in [0.5, 0.6) is 0 Å². The van der Waals surface area contributed by atoms with E-state index in [-0.39, 0.29) is 0 Å². The third-order valence-electron chi connectivity index (χ3n) is 2.95. The van der Waals surface area contributed by atoms with Crippen molar-refractivity contribution in [2.24, 2.45) is 11.8 Å². The molecule has 0 saturated heterocycles. The van der Waals surface area contributed by atoms with E-state index in [1.54, 1.807) is 0 Å². The molecule has 1 heterocycles. The number of nitrogens with one attached hydrogen (secondary N) is 1. The Kier molecular flexibility index (Phi) is 2.84. The first-order valence-electron chi connectivity index (χ1n) is 5.31. The predicted molar refractivity (Wildman–Crippen MR) is 55.4 cm³/mol. The molecule has 1 saturated carbocycles. The van der Waals surface area contributed by atoms with Gasteiger partial charge in [0, 0.05) is 31.4 Å². The standard InChI is InChI=1S/C10H18N4/c1-2-14-6-5-12-10(14)7-9(13-11)8-3-4-8/h5-6,8-9,13H,2-4,7,11H2,1H3. The zero-order chi connectivity index (χ0) is 9.97. The molecule has 3 N–H and O–H groups in total. The maximum Gasteiger partial charge on any atom is 0.110 e. The van der Waals surface area contributed by atoms with Gasteiger partial charge in [0.05, 0.1) is 0 Å². The molecule has 1 fully saturated rings.